The summed E-state index contributed by atoms with van der Waals surface area (Å²) in [6.07, 6.45) is 1.06. The molecule has 0 heterocycles. The Morgan fingerprint density at radius 2 is 1.44 bits per heavy atom. The normalized spacial score (nSPS) is 27.7. The number of hydrogen-bond acceptors (Lipinski definition) is 1. The molecule has 1 heteroatoms. The Morgan fingerprint density at radius 3 is 2.06 bits per heavy atom. The van der Waals surface area contributed by atoms with E-state index >= 15 is 0 Å². The third kappa shape index (κ3) is 1.44. The highest BCUT2D eigenvalue weighted by Crippen LogP contribution is 2.56. The summed E-state index contributed by atoms with van der Waals surface area (Å²) in [6.45, 7) is 0. The molecule has 2 atom stereocenters. The zero-order valence-electron chi connectivity index (χ0n) is 9.14. The van der Waals surface area contributed by atoms with Crippen molar-refractivity contribution in [2.45, 2.75) is 17.9 Å². The average molecular weight is 209 g/mol. The lowest BCUT2D eigenvalue weighted by Gasteiger charge is -2.11. The molecule has 3 rings (SSSR count). The second kappa shape index (κ2) is 3.46. The molecular weight excluding hydrogens is 194 g/mol. The third-order valence-corrected chi connectivity index (χ3v) is 3.52. The lowest BCUT2D eigenvalue weighted by atomic mass is 10.00. The van der Waals surface area contributed by atoms with Crippen LogP contribution in [0.5, 0.6) is 0 Å². The van der Waals surface area contributed by atoms with E-state index in [0.717, 1.165) is 6.42 Å². The second-order valence-electron chi connectivity index (χ2n) is 4.57. The van der Waals surface area contributed by atoms with E-state index in [0.29, 0.717) is 5.92 Å². The Balaban J connectivity index is 1.90. The van der Waals surface area contributed by atoms with Crippen LogP contribution in [0.15, 0.2) is 60.7 Å². The lowest BCUT2D eigenvalue weighted by Crippen LogP contribution is -2.21. The van der Waals surface area contributed by atoms with Gasteiger partial charge in [0.15, 0.2) is 0 Å². The molecule has 0 saturated heterocycles. The van der Waals surface area contributed by atoms with Crippen molar-refractivity contribution in [3.8, 4) is 0 Å². The average Bonchev–Trinajstić information content (AvgIpc) is 3.06. The van der Waals surface area contributed by atoms with E-state index in [1.807, 2.05) is 12.1 Å². The lowest BCUT2D eigenvalue weighted by molar-refractivity contribution is 0.706. The predicted molar refractivity (Wildman–Crippen MR) is 66.1 cm³/mol. The molecule has 80 valence electrons. The third-order valence-electron chi connectivity index (χ3n) is 3.52. The zero-order valence-corrected chi connectivity index (χ0v) is 9.14. The van der Waals surface area contributed by atoms with E-state index in [-0.39, 0.29) is 5.54 Å². The van der Waals surface area contributed by atoms with Gasteiger partial charge < -0.3 is 5.73 Å². The van der Waals surface area contributed by atoms with E-state index in [1.54, 1.807) is 0 Å². The van der Waals surface area contributed by atoms with Crippen molar-refractivity contribution in [3.05, 3.63) is 71.8 Å². The summed E-state index contributed by atoms with van der Waals surface area (Å²) >= 11 is 0. The van der Waals surface area contributed by atoms with Crippen LogP contribution in [0.2, 0.25) is 0 Å². The van der Waals surface area contributed by atoms with E-state index in [1.165, 1.54) is 11.1 Å². The first-order valence-electron chi connectivity index (χ1n) is 5.70. The van der Waals surface area contributed by atoms with Crippen LogP contribution in [0.3, 0.4) is 0 Å². The molecule has 0 spiro atoms. The predicted octanol–water partition coefficient (Wildman–Crippen LogP) is 3.03. The smallest absolute Gasteiger partial charge is 0.0486 e. The van der Waals surface area contributed by atoms with Gasteiger partial charge in [-0.15, -0.1) is 0 Å². The Hall–Kier alpha value is -1.60. The van der Waals surface area contributed by atoms with Crippen LogP contribution in [0.25, 0.3) is 0 Å². The minimum Gasteiger partial charge on any atom is -0.321 e. The fourth-order valence-electron chi connectivity index (χ4n) is 2.45. The Labute approximate surface area is 95.9 Å². The largest absolute Gasteiger partial charge is 0.321 e. The Kier molecular flexibility index (Phi) is 2.08. The van der Waals surface area contributed by atoms with Gasteiger partial charge in [-0.3, -0.25) is 0 Å². The maximum atomic E-state index is 6.44. The van der Waals surface area contributed by atoms with Gasteiger partial charge in [0, 0.05) is 11.5 Å². The van der Waals surface area contributed by atoms with Crippen LogP contribution in [0, 0.1) is 0 Å². The highest BCUT2D eigenvalue weighted by molar-refractivity contribution is 5.41. The molecule has 0 radical (unpaired) electrons. The molecule has 16 heavy (non-hydrogen) atoms. The number of rotatable bonds is 2. The highest BCUT2D eigenvalue weighted by atomic mass is 14.9. The Bertz CT molecular complexity index is 477. The second-order valence-corrected chi connectivity index (χ2v) is 4.57. The molecule has 1 fully saturated rings. The Morgan fingerprint density at radius 1 is 0.875 bits per heavy atom. The molecule has 1 nitrogen and oxygen atoms in total. The van der Waals surface area contributed by atoms with Crippen molar-refractivity contribution < 1.29 is 0 Å². The molecular formula is C15H15N. The maximum Gasteiger partial charge on any atom is 0.0486 e. The molecule has 0 bridgehead atoms. The zero-order chi connectivity index (χ0) is 11.0. The highest BCUT2D eigenvalue weighted by Gasteiger charge is 2.52. The summed E-state index contributed by atoms with van der Waals surface area (Å²) in [6, 6.07) is 21.0. The van der Waals surface area contributed by atoms with Gasteiger partial charge in [0.25, 0.3) is 0 Å². The quantitative estimate of drug-likeness (QED) is 0.808. The van der Waals surface area contributed by atoms with Crippen molar-refractivity contribution in [2.75, 3.05) is 0 Å². The van der Waals surface area contributed by atoms with Crippen molar-refractivity contribution in [1.29, 1.82) is 0 Å². The van der Waals surface area contributed by atoms with Crippen LogP contribution in [-0.4, -0.2) is 0 Å². The molecule has 0 aromatic heterocycles. The van der Waals surface area contributed by atoms with Crippen LogP contribution in [0.1, 0.15) is 23.5 Å². The summed E-state index contributed by atoms with van der Waals surface area (Å²) in [7, 11) is 0. The van der Waals surface area contributed by atoms with Crippen LogP contribution < -0.4 is 5.73 Å². The number of benzene rings is 2. The fourth-order valence-corrected chi connectivity index (χ4v) is 2.45. The number of nitrogens with two attached hydrogens (primary N) is 1. The summed E-state index contributed by atoms with van der Waals surface area (Å²) < 4.78 is 0. The molecule has 0 amide bonds. The molecule has 2 N–H and O–H groups in total. The van der Waals surface area contributed by atoms with Gasteiger partial charge in [0.05, 0.1) is 0 Å². The first-order chi connectivity index (χ1) is 7.81. The molecule has 0 aliphatic heterocycles. The topological polar surface area (TPSA) is 26.0 Å². The summed E-state index contributed by atoms with van der Waals surface area (Å²) in [5.74, 6) is 0.482. The van der Waals surface area contributed by atoms with E-state index in [4.69, 9.17) is 5.73 Å². The maximum absolute atomic E-state index is 6.44. The van der Waals surface area contributed by atoms with Gasteiger partial charge in [-0.05, 0) is 17.5 Å². The van der Waals surface area contributed by atoms with Crippen molar-refractivity contribution in [3.63, 3.8) is 0 Å². The monoisotopic (exact) mass is 209 g/mol. The molecule has 2 aromatic carbocycles. The van der Waals surface area contributed by atoms with E-state index < -0.39 is 0 Å². The summed E-state index contributed by atoms with van der Waals surface area (Å²) in [5.41, 5.74) is 8.92. The van der Waals surface area contributed by atoms with E-state index in [2.05, 4.69) is 48.5 Å². The van der Waals surface area contributed by atoms with Crippen molar-refractivity contribution >= 4 is 0 Å². The van der Waals surface area contributed by atoms with Gasteiger partial charge >= 0.3 is 0 Å². The molecule has 1 aliphatic rings. The van der Waals surface area contributed by atoms with Crippen LogP contribution in [0.4, 0.5) is 0 Å². The first kappa shape index (κ1) is 9.61. The number of hydrogen-bond donors (Lipinski definition) is 1. The van der Waals surface area contributed by atoms with Gasteiger partial charge in [-0.1, -0.05) is 60.7 Å². The summed E-state index contributed by atoms with van der Waals surface area (Å²) in [5, 5.41) is 0. The van der Waals surface area contributed by atoms with Gasteiger partial charge in [0.1, 0.15) is 0 Å². The van der Waals surface area contributed by atoms with Crippen molar-refractivity contribution in [1.82, 2.24) is 0 Å². The van der Waals surface area contributed by atoms with Crippen LogP contribution >= 0.6 is 0 Å². The van der Waals surface area contributed by atoms with Crippen molar-refractivity contribution in [2.24, 2.45) is 5.73 Å². The van der Waals surface area contributed by atoms with E-state index in [9.17, 15) is 0 Å². The first-order valence-corrected chi connectivity index (χ1v) is 5.70. The summed E-state index contributed by atoms with van der Waals surface area (Å²) in [4.78, 5) is 0. The molecule has 2 unspecified atom stereocenters. The van der Waals surface area contributed by atoms with Gasteiger partial charge in [-0.2, -0.15) is 0 Å². The minimum atomic E-state index is -0.136. The minimum absolute atomic E-state index is 0.136. The molecule has 2 aromatic rings. The van der Waals surface area contributed by atoms with Gasteiger partial charge in [-0.25, -0.2) is 0 Å². The van der Waals surface area contributed by atoms with Crippen LogP contribution in [-0.2, 0) is 5.54 Å². The van der Waals surface area contributed by atoms with Gasteiger partial charge in [0.2, 0.25) is 0 Å². The molecule has 1 saturated carbocycles. The standard InChI is InChI=1S/C15H15N/c16-15(13-9-5-2-6-10-13)11-14(15)12-7-3-1-4-8-12/h1-10,14H,11,16H2. The fraction of sp³-hybridized carbons (Fsp3) is 0.200. The SMILES string of the molecule is NC1(c2ccccc2)CC1c1ccccc1. The molecule has 1 aliphatic carbocycles.